The maximum Gasteiger partial charge on any atom is 0.0752 e. The zero-order valence-electron chi connectivity index (χ0n) is 9.06. The SMILES string of the molecule is C[C@@H]1OC[C@H]2CON(C(C)(C)CO)[C@H]21. The molecule has 0 aromatic carbocycles. The summed E-state index contributed by atoms with van der Waals surface area (Å²) in [6.45, 7) is 7.64. The quantitative estimate of drug-likeness (QED) is 0.702. The summed E-state index contributed by atoms with van der Waals surface area (Å²) in [5.74, 6) is 0.468. The van der Waals surface area contributed by atoms with Gasteiger partial charge in [0.05, 0.1) is 37.5 Å². The first-order valence-corrected chi connectivity index (χ1v) is 5.21. The van der Waals surface area contributed by atoms with Crippen molar-refractivity contribution >= 4 is 0 Å². The topological polar surface area (TPSA) is 41.9 Å². The summed E-state index contributed by atoms with van der Waals surface area (Å²) in [6.07, 6.45) is 0.202. The van der Waals surface area contributed by atoms with Crippen molar-refractivity contribution < 1.29 is 14.7 Å². The minimum absolute atomic E-state index is 0.100. The van der Waals surface area contributed by atoms with E-state index in [1.54, 1.807) is 0 Å². The van der Waals surface area contributed by atoms with E-state index in [0.29, 0.717) is 12.0 Å². The van der Waals surface area contributed by atoms with Gasteiger partial charge in [-0.05, 0) is 20.8 Å². The van der Waals surface area contributed by atoms with Gasteiger partial charge in [0.2, 0.25) is 0 Å². The number of hydrogen-bond acceptors (Lipinski definition) is 4. The second kappa shape index (κ2) is 3.45. The van der Waals surface area contributed by atoms with E-state index in [1.807, 2.05) is 18.9 Å². The van der Waals surface area contributed by atoms with Crippen LogP contribution in [0.3, 0.4) is 0 Å². The molecule has 0 aliphatic carbocycles. The molecule has 0 unspecified atom stereocenters. The third-order valence-electron chi connectivity index (χ3n) is 3.22. The number of aliphatic hydroxyl groups is 1. The Labute approximate surface area is 84.7 Å². The summed E-state index contributed by atoms with van der Waals surface area (Å²) in [5, 5.41) is 11.2. The van der Waals surface area contributed by atoms with Crippen LogP contribution in [0.5, 0.6) is 0 Å². The Morgan fingerprint density at radius 3 is 2.79 bits per heavy atom. The van der Waals surface area contributed by atoms with Gasteiger partial charge in [-0.15, -0.1) is 0 Å². The van der Waals surface area contributed by atoms with Crippen molar-refractivity contribution in [2.24, 2.45) is 5.92 Å². The summed E-state index contributed by atoms with van der Waals surface area (Å²) in [4.78, 5) is 5.64. The van der Waals surface area contributed by atoms with Crippen molar-refractivity contribution in [2.75, 3.05) is 19.8 Å². The first-order chi connectivity index (χ1) is 6.56. The van der Waals surface area contributed by atoms with Gasteiger partial charge in [0.25, 0.3) is 0 Å². The molecule has 2 fully saturated rings. The Kier molecular flexibility index (Phi) is 2.55. The molecule has 2 rings (SSSR count). The number of fused-ring (bicyclic) bond motifs is 1. The lowest BCUT2D eigenvalue weighted by Gasteiger charge is -2.37. The zero-order valence-corrected chi connectivity index (χ0v) is 9.06. The van der Waals surface area contributed by atoms with E-state index in [1.165, 1.54) is 0 Å². The summed E-state index contributed by atoms with van der Waals surface area (Å²) in [5.41, 5.74) is -0.318. The highest BCUT2D eigenvalue weighted by atomic mass is 16.7. The zero-order chi connectivity index (χ0) is 10.3. The number of hydroxylamine groups is 2. The molecule has 1 N–H and O–H groups in total. The number of ether oxygens (including phenoxy) is 1. The van der Waals surface area contributed by atoms with Gasteiger partial charge in [-0.2, -0.15) is 5.06 Å². The van der Waals surface area contributed by atoms with Gasteiger partial charge in [0.15, 0.2) is 0 Å². The predicted octanol–water partition coefficient (Wildman–Crippen LogP) is 0.408. The molecule has 3 atom stereocenters. The predicted molar refractivity (Wildman–Crippen MR) is 51.6 cm³/mol. The smallest absolute Gasteiger partial charge is 0.0752 e. The molecule has 0 saturated carbocycles. The van der Waals surface area contributed by atoms with Crippen LogP contribution in [0.1, 0.15) is 20.8 Å². The van der Waals surface area contributed by atoms with E-state index in [-0.39, 0.29) is 18.2 Å². The van der Waals surface area contributed by atoms with E-state index in [0.717, 1.165) is 13.2 Å². The van der Waals surface area contributed by atoms with Gasteiger partial charge in [-0.3, -0.25) is 4.84 Å². The lowest BCUT2D eigenvalue weighted by molar-refractivity contribution is -0.215. The van der Waals surface area contributed by atoms with Crippen LogP contribution in [-0.4, -0.2) is 47.7 Å². The van der Waals surface area contributed by atoms with Gasteiger partial charge in [-0.25, -0.2) is 0 Å². The second-order valence-corrected chi connectivity index (χ2v) is 4.88. The maximum absolute atomic E-state index is 9.30. The molecule has 2 aliphatic heterocycles. The third-order valence-corrected chi connectivity index (χ3v) is 3.22. The fourth-order valence-corrected chi connectivity index (χ4v) is 2.29. The lowest BCUT2D eigenvalue weighted by atomic mass is 9.97. The fourth-order valence-electron chi connectivity index (χ4n) is 2.29. The van der Waals surface area contributed by atoms with Gasteiger partial charge in [0, 0.05) is 5.92 Å². The number of rotatable bonds is 2. The van der Waals surface area contributed by atoms with Crippen LogP contribution in [0.25, 0.3) is 0 Å². The van der Waals surface area contributed by atoms with Gasteiger partial charge >= 0.3 is 0 Å². The highest BCUT2D eigenvalue weighted by molar-refractivity contribution is 4.95. The summed E-state index contributed by atoms with van der Waals surface area (Å²) in [7, 11) is 0. The van der Waals surface area contributed by atoms with E-state index < -0.39 is 0 Å². The number of aliphatic hydroxyl groups excluding tert-OH is 1. The Morgan fingerprint density at radius 2 is 2.14 bits per heavy atom. The molecule has 2 heterocycles. The molecular weight excluding hydrogens is 182 g/mol. The standard InChI is InChI=1S/C10H19NO3/c1-7-9-8(4-13-7)5-14-11(9)10(2,3)6-12/h7-9,12H,4-6H2,1-3H3/t7-,8-,9-/m0/s1. The lowest BCUT2D eigenvalue weighted by Crippen LogP contribution is -2.51. The molecule has 4 nitrogen and oxygen atoms in total. The van der Waals surface area contributed by atoms with Crippen molar-refractivity contribution in [3.63, 3.8) is 0 Å². The molecule has 0 radical (unpaired) electrons. The number of hydrogen-bond donors (Lipinski definition) is 1. The Hall–Kier alpha value is -0.160. The van der Waals surface area contributed by atoms with Gasteiger partial charge in [-0.1, -0.05) is 0 Å². The minimum Gasteiger partial charge on any atom is -0.394 e. The Bertz CT molecular complexity index is 219. The molecule has 82 valence electrons. The molecule has 0 spiro atoms. The van der Waals surface area contributed by atoms with E-state index >= 15 is 0 Å². The molecule has 0 amide bonds. The minimum atomic E-state index is -0.318. The van der Waals surface area contributed by atoms with E-state index in [2.05, 4.69) is 6.92 Å². The Balaban J connectivity index is 2.14. The molecule has 0 aromatic rings. The van der Waals surface area contributed by atoms with Crippen molar-refractivity contribution in [1.29, 1.82) is 0 Å². The van der Waals surface area contributed by atoms with Crippen molar-refractivity contribution in [3.8, 4) is 0 Å². The van der Waals surface area contributed by atoms with Crippen molar-refractivity contribution in [3.05, 3.63) is 0 Å². The first kappa shape index (κ1) is 10.4. The summed E-state index contributed by atoms with van der Waals surface area (Å²) in [6, 6.07) is 0.303. The Morgan fingerprint density at radius 1 is 1.43 bits per heavy atom. The van der Waals surface area contributed by atoms with Crippen LogP contribution in [0.15, 0.2) is 0 Å². The second-order valence-electron chi connectivity index (χ2n) is 4.88. The molecule has 2 saturated heterocycles. The van der Waals surface area contributed by atoms with E-state index in [9.17, 15) is 5.11 Å². The first-order valence-electron chi connectivity index (χ1n) is 5.21. The molecule has 0 aromatic heterocycles. The molecular formula is C10H19NO3. The van der Waals surface area contributed by atoms with Crippen LogP contribution in [0.4, 0.5) is 0 Å². The average molecular weight is 201 g/mol. The molecule has 4 heteroatoms. The molecule has 2 aliphatic rings. The largest absolute Gasteiger partial charge is 0.394 e. The van der Waals surface area contributed by atoms with E-state index in [4.69, 9.17) is 9.57 Å². The van der Waals surface area contributed by atoms with Crippen molar-refractivity contribution in [2.45, 2.75) is 38.5 Å². The van der Waals surface area contributed by atoms with Crippen LogP contribution in [-0.2, 0) is 9.57 Å². The van der Waals surface area contributed by atoms with Crippen LogP contribution in [0, 0.1) is 5.92 Å². The monoisotopic (exact) mass is 201 g/mol. The number of nitrogens with zero attached hydrogens (tertiary/aromatic N) is 1. The summed E-state index contributed by atoms with van der Waals surface area (Å²) < 4.78 is 5.59. The molecule has 14 heavy (non-hydrogen) atoms. The van der Waals surface area contributed by atoms with Crippen LogP contribution >= 0.6 is 0 Å². The average Bonchev–Trinajstić information content (AvgIpc) is 2.69. The van der Waals surface area contributed by atoms with Crippen LogP contribution in [0.2, 0.25) is 0 Å². The fraction of sp³-hybridized carbons (Fsp3) is 1.00. The third kappa shape index (κ3) is 1.46. The van der Waals surface area contributed by atoms with Gasteiger partial charge in [0.1, 0.15) is 0 Å². The molecule has 0 bridgehead atoms. The highest BCUT2D eigenvalue weighted by Gasteiger charge is 2.49. The van der Waals surface area contributed by atoms with Crippen molar-refractivity contribution in [1.82, 2.24) is 5.06 Å². The summed E-state index contributed by atoms with van der Waals surface area (Å²) >= 11 is 0. The van der Waals surface area contributed by atoms with Gasteiger partial charge < -0.3 is 9.84 Å². The maximum atomic E-state index is 9.30. The highest BCUT2D eigenvalue weighted by Crippen LogP contribution is 2.36. The van der Waals surface area contributed by atoms with Crippen LogP contribution < -0.4 is 0 Å². The normalized spacial score (nSPS) is 39.0.